The molecule has 0 aromatic heterocycles. The van der Waals surface area contributed by atoms with Gasteiger partial charge in [0.2, 0.25) is 0 Å². The van der Waals surface area contributed by atoms with E-state index in [1.54, 1.807) is 12.1 Å². The molecule has 0 spiro atoms. The molecule has 2 atom stereocenters. The van der Waals surface area contributed by atoms with E-state index < -0.39 is 17.1 Å². The number of carbonyl (C=O) groups excluding carboxylic acids is 1. The molecular weight excluding hydrogens is 288 g/mol. The third-order valence-electron chi connectivity index (χ3n) is 4.20. The molecule has 118 valence electrons. The highest BCUT2D eigenvalue weighted by Crippen LogP contribution is 2.40. The maximum Gasteiger partial charge on any atom is 0.269 e. The lowest BCUT2D eigenvalue weighted by molar-refractivity contribution is -0.384. The number of rotatable bonds is 4. The first-order valence-corrected chi connectivity index (χ1v) is 7.43. The van der Waals surface area contributed by atoms with Crippen molar-refractivity contribution in [2.24, 2.45) is 0 Å². The van der Waals surface area contributed by atoms with E-state index in [4.69, 9.17) is 4.74 Å². The number of carbonyl (C=O) groups is 1. The van der Waals surface area contributed by atoms with Crippen LogP contribution < -0.4 is 5.32 Å². The minimum Gasteiger partial charge on any atom is -0.393 e. The fourth-order valence-corrected chi connectivity index (χ4v) is 2.88. The highest BCUT2D eigenvalue weighted by Gasteiger charge is 2.47. The molecule has 7 heteroatoms. The van der Waals surface area contributed by atoms with Gasteiger partial charge in [-0.3, -0.25) is 14.9 Å². The van der Waals surface area contributed by atoms with E-state index in [1.807, 2.05) is 0 Å². The number of aliphatic hydroxyl groups is 1. The van der Waals surface area contributed by atoms with Crippen molar-refractivity contribution >= 4 is 11.6 Å². The third-order valence-corrected chi connectivity index (χ3v) is 4.20. The van der Waals surface area contributed by atoms with Gasteiger partial charge in [-0.15, -0.1) is 0 Å². The molecule has 1 saturated carbocycles. The Hall–Kier alpha value is -1.99. The summed E-state index contributed by atoms with van der Waals surface area (Å²) < 4.78 is 5.38. The maximum absolute atomic E-state index is 12.1. The molecule has 1 aromatic carbocycles. The molecular formula is C15H18N2O5. The van der Waals surface area contributed by atoms with Crippen molar-refractivity contribution in [2.75, 3.05) is 0 Å². The molecule has 3 rings (SSSR count). The molecule has 0 unspecified atom stereocenters. The lowest BCUT2D eigenvalue weighted by Gasteiger charge is -2.25. The lowest BCUT2D eigenvalue weighted by atomic mass is 9.93. The number of nitro benzene ring substituents is 1. The number of hydrogen-bond acceptors (Lipinski definition) is 5. The van der Waals surface area contributed by atoms with E-state index >= 15 is 0 Å². The van der Waals surface area contributed by atoms with E-state index in [1.165, 1.54) is 12.1 Å². The van der Waals surface area contributed by atoms with Crippen molar-refractivity contribution < 1.29 is 19.6 Å². The highest BCUT2D eigenvalue weighted by atomic mass is 16.6. The number of hydrogen-bond donors (Lipinski definition) is 2. The van der Waals surface area contributed by atoms with Gasteiger partial charge in [0.25, 0.3) is 11.6 Å². The lowest BCUT2D eigenvalue weighted by Crippen LogP contribution is -2.40. The molecule has 1 saturated heterocycles. The number of ether oxygens (including phenoxy) is 1. The van der Waals surface area contributed by atoms with Gasteiger partial charge in [0.15, 0.2) is 6.10 Å². The number of benzene rings is 1. The molecule has 22 heavy (non-hydrogen) atoms. The monoisotopic (exact) mass is 306 g/mol. The second-order valence-corrected chi connectivity index (χ2v) is 5.84. The predicted molar refractivity (Wildman–Crippen MR) is 77.1 cm³/mol. The first kappa shape index (κ1) is 14.9. The molecule has 2 fully saturated rings. The summed E-state index contributed by atoms with van der Waals surface area (Å²) in [5.74, 6) is -0.183. The number of non-ortho nitro benzene ring substituents is 1. The number of nitro groups is 1. The molecule has 1 heterocycles. The van der Waals surface area contributed by atoms with Crippen molar-refractivity contribution in [1.29, 1.82) is 0 Å². The molecule has 1 aliphatic heterocycles. The van der Waals surface area contributed by atoms with E-state index in [0.29, 0.717) is 18.4 Å². The van der Waals surface area contributed by atoms with E-state index in [9.17, 15) is 20.0 Å². The van der Waals surface area contributed by atoms with Gasteiger partial charge in [0.1, 0.15) is 6.10 Å². The largest absolute Gasteiger partial charge is 0.393 e. The summed E-state index contributed by atoms with van der Waals surface area (Å²) >= 11 is 0. The molecule has 2 N–H and O–H groups in total. The van der Waals surface area contributed by atoms with Crippen LogP contribution in [-0.4, -0.2) is 34.2 Å². The van der Waals surface area contributed by atoms with Crippen LogP contribution in [0.25, 0.3) is 0 Å². The summed E-state index contributed by atoms with van der Waals surface area (Å²) in [6.45, 7) is 0. The Morgan fingerprint density at radius 3 is 2.73 bits per heavy atom. The minimum atomic E-state index is -0.575. The van der Waals surface area contributed by atoms with E-state index in [0.717, 1.165) is 12.8 Å². The molecule has 0 bridgehead atoms. The normalized spacial score (nSPS) is 30.6. The average molecular weight is 306 g/mol. The Bertz CT molecular complexity index is 583. The number of aliphatic hydroxyl groups excluding tert-OH is 1. The van der Waals surface area contributed by atoms with E-state index in [2.05, 4.69) is 5.32 Å². The molecule has 1 aromatic rings. The quantitative estimate of drug-likeness (QED) is 0.497. The fourth-order valence-electron chi connectivity index (χ4n) is 2.88. The van der Waals surface area contributed by atoms with Crippen LogP contribution in [0.1, 0.15) is 37.4 Å². The van der Waals surface area contributed by atoms with Crippen molar-refractivity contribution in [3.05, 3.63) is 39.9 Å². The highest BCUT2D eigenvalue weighted by molar-refractivity contribution is 5.84. The SMILES string of the molecule is O=C(NC1CCC(O)CC1)[C@@H]1O[C@H]1c1cccc([N+](=O)[O-])c1. The van der Waals surface area contributed by atoms with Crippen molar-refractivity contribution in [3.63, 3.8) is 0 Å². The van der Waals surface area contributed by atoms with Crippen LogP contribution in [0, 0.1) is 10.1 Å². The Morgan fingerprint density at radius 2 is 2.05 bits per heavy atom. The second kappa shape index (κ2) is 6.02. The Kier molecular flexibility index (Phi) is 4.08. The van der Waals surface area contributed by atoms with Crippen molar-refractivity contribution in [2.45, 2.75) is 50.0 Å². The molecule has 7 nitrogen and oxygen atoms in total. The van der Waals surface area contributed by atoms with Gasteiger partial charge in [-0.1, -0.05) is 12.1 Å². The van der Waals surface area contributed by atoms with Crippen LogP contribution in [-0.2, 0) is 9.53 Å². The van der Waals surface area contributed by atoms with Gasteiger partial charge >= 0.3 is 0 Å². The van der Waals surface area contributed by atoms with Crippen LogP contribution >= 0.6 is 0 Å². The summed E-state index contributed by atoms with van der Waals surface area (Å²) in [6.07, 6.45) is 1.68. The first-order chi connectivity index (χ1) is 10.5. The summed E-state index contributed by atoms with van der Waals surface area (Å²) in [4.78, 5) is 22.4. The summed E-state index contributed by atoms with van der Waals surface area (Å²) in [6, 6.07) is 6.24. The Labute approximate surface area is 127 Å². The minimum absolute atomic E-state index is 0.00609. The topological polar surface area (TPSA) is 105 Å². The van der Waals surface area contributed by atoms with Gasteiger partial charge in [0, 0.05) is 18.2 Å². The third kappa shape index (κ3) is 3.26. The molecule has 1 aliphatic carbocycles. The average Bonchev–Trinajstić information content (AvgIpc) is 3.30. The summed E-state index contributed by atoms with van der Waals surface area (Å²) in [5.41, 5.74) is 0.641. The van der Waals surface area contributed by atoms with Crippen LogP contribution in [0.15, 0.2) is 24.3 Å². The maximum atomic E-state index is 12.1. The number of nitrogens with one attached hydrogen (secondary N) is 1. The summed E-state index contributed by atoms with van der Waals surface area (Å²) in [7, 11) is 0. The van der Waals surface area contributed by atoms with Gasteiger partial charge < -0.3 is 15.2 Å². The van der Waals surface area contributed by atoms with E-state index in [-0.39, 0.29) is 23.7 Å². The second-order valence-electron chi connectivity index (χ2n) is 5.84. The Balaban J connectivity index is 1.56. The molecule has 1 amide bonds. The van der Waals surface area contributed by atoms with Gasteiger partial charge in [-0.05, 0) is 31.2 Å². The van der Waals surface area contributed by atoms with Crippen LogP contribution in [0.4, 0.5) is 5.69 Å². The zero-order chi connectivity index (χ0) is 15.7. The molecule has 0 radical (unpaired) electrons. The van der Waals surface area contributed by atoms with Gasteiger partial charge in [-0.2, -0.15) is 0 Å². The number of amides is 1. The first-order valence-electron chi connectivity index (χ1n) is 7.43. The van der Waals surface area contributed by atoms with Crippen molar-refractivity contribution in [3.8, 4) is 0 Å². The summed E-state index contributed by atoms with van der Waals surface area (Å²) in [5, 5.41) is 23.1. The predicted octanol–water partition coefficient (Wildman–Crippen LogP) is 1.45. The standard InChI is InChI=1S/C15H18N2O5/c18-12-6-4-10(5-7-12)16-15(19)14-13(22-14)9-2-1-3-11(8-9)17(20)21/h1-3,8,10,12-14,18H,4-7H2,(H,16,19)/t10?,12?,13-,14+/m0/s1. The van der Waals surface area contributed by atoms with Crippen molar-refractivity contribution in [1.82, 2.24) is 5.32 Å². The van der Waals surface area contributed by atoms with Gasteiger partial charge in [0.05, 0.1) is 11.0 Å². The number of nitrogens with zero attached hydrogens (tertiary/aromatic N) is 1. The zero-order valence-electron chi connectivity index (χ0n) is 12.0. The molecule has 2 aliphatic rings. The van der Waals surface area contributed by atoms with Crippen LogP contribution in [0.3, 0.4) is 0 Å². The smallest absolute Gasteiger partial charge is 0.269 e. The zero-order valence-corrected chi connectivity index (χ0v) is 12.0. The van der Waals surface area contributed by atoms with Gasteiger partial charge in [-0.25, -0.2) is 0 Å². The van der Waals surface area contributed by atoms with Crippen LogP contribution in [0.2, 0.25) is 0 Å². The Morgan fingerprint density at radius 1 is 1.32 bits per heavy atom. The fraction of sp³-hybridized carbons (Fsp3) is 0.533. The number of epoxide rings is 1. The van der Waals surface area contributed by atoms with Crippen LogP contribution in [0.5, 0.6) is 0 Å².